The number of urea groups is 1. The molecule has 1 atom stereocenters. The van der Waals surface area contributed by atoms with E-state index < -0.39 is 0 Å². The Labute approximate surface area is 138 Å². The Hall–Kier alpha value is -2.02. The third-order valence-corrected chi connectivity index (χ3v) is 5.05. The van der Waals surface area contributed by atoms with Crippen molar-refractivity contribution in [1.29, 1.82) is 0 Å². The second kappa shape index (κ2) is 7.04. The first-order valence-corrected chi connectivity index (χ1v) is 8.61. The topological polar surface area (TPSA) is 58.1 Å². The summed E-state index contributed by atoms with van der Waals surface area (Å²) in [5, 5.41) is 12.7. The van der Waals surface area contributed by atoms with E-state index in [4.69, 9.17) is 0 Å². The van der Waals surface area contributed by atoms with Crippen LogP contribution in [0.4, 0.5) is 9.18 Å². The van der Waals surface area contributed by atoms with Gasteiger partial charge in [0.15, 0.2) is 5.01 Å². The molecule has 7 heteroatoms. The Bertz CT molecular complexity index is 690. The number of piperidine rings is 1. The predicted molar refractivity (Wildman–Crippen MR) is 87.9 cm³/mol. The molecule has 1 N–H and O–H groups in total. The zero-order valence-electron chi connectivity index (χ0n) is 13.0. The molecule has 0 saturated carbocycles. The fourth-order valence-electron chi connectivity index (χ4n) is 2.77. The zero-order valence-corrected chi connectivity index (χ0v) is 13.8. The third kappa shape index (κ3) is 3.50. The van der Waals surface area contributed by atoms with Gasteiger partial charge >= 0.3 is 6.03 Å². The van der Waals surface area contributed by atoms with E-state index in [-0.39, 0.29) is 17.8 Å². The van der Waals surface area contributed by atoms with E-state index in [1.54, 1.807) is 18.2 Å². The number of hydrogen-bond donors (Lipinski definition) is 1. The van der Waals surface area contributed by atoms with Crippen molar-refractivity contribution in [3.8, 4) is 10.6 Å². The van der Waals surface area contributed by atoms with Gasteiger partial charge in [0.1, 0.15) is 10.8 Å². The lowest BCUT2D eigenvalue weighted by Gasteiger charge is -2.31. The molecule has 1 saturated heterocycles. The van der Waals surface area contributed by atoms with Gasteiger partial charge in [-0.25, -0.2) is 9.18 Å². The molecule has 1 aliphatic heterocycles. The second-order valence-electron chi connectivity index (χ2n) is 5.55. The standard InChI is InChI=1S/C16H19FN4OS/c1-2-18-16(22)21-9-5-6-11(10-21)14-19-20-15(23-14)12-7-3-4-8-13(12)17/h3-4,7-8,11H,2,5-6,9-10H2,1H3,(H,18,22)/t11-/m0/s1. The highest BCUT2D eigenvalue weighted by molar-refractivity contribution is 7.14. The Morgan fingerprint density at radius 2 is 2.26 bits per heavy atom. The van der Waals surface area contributed by atoms with E-state index in [1.807, 2.05) is 11.8 Å². The SMILES string of the molecule is CCNC(=O)N1CCC[C@H](c2nnc(-c3ccccc3F)s2)C1. The van der Waals surface area contributed by atoms with Crippen molar-refractivity contribution in [2.45, 2.75) is 25.7 Å². The van der Waals surface area contributed by atoms with E-state index in [0.29, 0.717) is 23.7 Å². The lowest BCUT2D eigenvalue weighted by Crippen LogP contribution is -2.44. The Balaban J connectivity index is 1.75. The van der Waals surface area contributed by atoms with Crippen molar-refractivity contribution in [2.75, 3.05) is 19.6 Å². The van der Waals surface area contributed by atoms with Gasteiger partial charge < -0.3 is 10.2 Å². The van der Waals surface area contributed by atoms with Gasteiger partial charge in [-0.2, -0.15) is 0 Å². The van der Waals surface area contributed by atoms with Crippen LogP contribution in [-0.4, -0.2) is 40.8 Å². The number of hydrogen-bond acceptors (Lipinski definition) is 4. The smallest absolute Gasteiger partial charge is 0.317 e. The van der Waals surface area contributed by atoms with Gasteiger partial charge in [0.25, 0.3) is 0 Å². The van der Waals surface area contributed by atoms with Crippen molar-refractivity contribution in [3.05, 3.63) is 35.1 Å². The minimum Gasteiger partial charge on any atom is -0.338 e. The summed E-state index contributed by atoms with van der Waals surface area (Å²) in [6, 6.07) is 6.55. The van der Waals surface area contributed by atoms with Crippen LogP contribution in [0.15, 0.2) is 24.3 Å². The summed E-state index contributed by atoms with van der Waals surface area (Å²) in [7, 11) is 0. The van der Waals surface area contributed by atoms with Gasteiger partial charge in [0.2, 0.25) is 0 Å². The van der Waals surface area contributed by atoms with Crippen LogP contribution in [0.3, 0.4) is 0 Å². The van der Waals surface area contributed by atoms with Crippen LogP contribution < -0.4 is 5.32 Å². The van der Waals surface area contributed by atoms with E-state index in [9.17, 15) is 9.18 Å². The van der Waals surface area contributed by atoms with Crippen LogP contribution in [0.2, 0.25) is 0 Å². The first kappa shape index (κ1) is 15.9. The van der Waals surface area contributed by atoms with Gasteiger partial charge in [0, 0.05) is 31.1 Å². The maximum atomic E-state index is 13.9. The first-order valence-electron chi connectivity index (χ1n) is 7.80. The molecule has 2 amide bonds. The number of rotatable bonds is 3. The van der Waals surface area contributed by atoms with E-state index in [1.165, 1.54) is 17.4 Å². The lowest BCUT2D eigenvalue weighted by atomic mass is 9.99. The van der Waals surface area contributed by atoms with Gasteiger partial charge in [-0.1, -0.05) is 23.5 Å². The summed E-state index contributed by atoms with van der Waals surface area (Å²) < 4.78 is 13.9. The van der Waals surface area contributed by atoms with Crippen LogP contribution >= 0.6 is 11.3 Å². The summed E-state index contributed by atoms with van der Waals surface area (Å²) in [5.41, 5.74) is 0.479. The molecule has 0 radical (unpaired) electrons. The number of likely N-dealkylation sites (tertiary alicyclic amines) is 1. The molecule has 0 bridgehead atoms. The first-order chi connectivity index (χ1) is 11.2. The minimum absolute atomic E-state index is 0.0314. The lowest BCUT2D eigenvalue weighted by molar-refractivity contribution is 0.180. The average molecular weight is 334 g/mol. The normalized spacial score (nSPS) is 18.0. The van der Waals surface area contributed by atoms with E-state index in [2.05, 4.69) is 15.5 Å². The molecule has 1 aromatic carbocycles. The number of aromatic nitrogens is 2. The summed E-state index contributed by atoms with van der Waals surface area (Å²) in [6.45, 7) is 3.93. The highest BCUT2D eigenvalue weighted by Crippen LogP contribution is 2.33. The highest BCUT2D eigenvalue weighted by Gasteiger charge is 2.27. The summed E-state index contributed by atoms with van der Waals surface area (Å²) in [5.74, 6) is -0.118. The number of carbonyl (C=O) groups excluding carboxylic acids is 1. The quantitative estimate of drug-likeness (QED) is 0.937. The average Bonchev–Trinajstić information content (AvgIpc) is 3.05. The van der Waals surface area contributed by atoms with Crippen LogP contribution in [0, 0.1) is 5.82 Å². The van der Waals surface area contributed by atoms with Gasteiger partial charge in [-0.05, 0) is 31.9 Å². The van der Waals surface area contributed by atoms with Gasteiger partial charge in [-0.3, -0.25) is 0 Å². The molecule has 0 spiro atoms. The molecular weight excluding hydrogens is 315 g/mol. The fraction of sp³-hybridized carbons (Fsp3) is 0.438. The predicted octanol–water partition coefficient (Wildman–Crippen LogP) is 3.25. The summed E-state index contributed by atoms with van der Waals surface area (Å²) in [6.07, 6.45) is 1.91. The number of amides is 2. The number of carbonyl (C=O) groups is 1. The number of nitrogens with one attached hydrogen (secondary N) is 1. The highest BCUT2D eigenvalue weighted by atomic mass is 32.1. The third-order valence-electron chi connectivity index (χ3n) is 3.93. The molecular formula is C16H19FN4OS. The second-order valence-corrected chi connectivity index (χ2v) is 6.56. The molecule has 5 nitrogen and oxygen atoms in total. The van der Waals surface area contributed by atoms with Crippen molar-refractivity contribution in [3.63, 3.8) is 0 Å². The molecule has 2 aromatic rings. The Kier molecular flexibility index (Phi) is 4.85. The van der Waals surface area contributed by atoms with E-state index in [0.717, 1.165) is 24.4 Å². The molecule has 0 aliphatic carbocycles. The minimum atomic E-state index is -0.289. The van der Waals surface area contributed by atoms with Crippen molar-refractivity contribution in [2.24, 2.45) is 0 Å². The molecule has 23 heavy (non-hydrogen) atoms. The largest absolute Gasteiger partial charge is 0.338 e. The number of halogens is 1. The van der Waals surface area contributed by atoms with Crippen LogP contribution in [-0.2, 0) is 0 Å². The van der Waals surface area contributed by atoms with Crippen LogP contribution in [0.5, 0.6) is 0 Å². The van der Waals surface area contributed by atoms with Crippen molar-refractivity contribution >= 4 is 17.4 Å². The zero-order chi connectivity index (χ0) is 16.2. The number of benzene rings is 1. The molecule has 1 aromatic heterocycles. The summed E-state index contributed by atoms with van der Waals surface area (Å²) >= 11 is 1.41. The Morgan fingerprint density at radius 1 is 1.43 bits per heavy atom. The van der Waals surface area contributed by atoms with Crippen molar-refractivity contribution in [1.82, 2.24) is 20.4 Å². The van der Waals surface area contributed by atoms with Crippen LogP contribution in [0.1, 0.15) is 30.7 Å². The van der Waals surface area contributed by atoms with E-state index >= 15 is 0 Å². The fourth-order valence-corrected chi connectivity index (χ4v) is 3.77. The molecule has 0 unspecified atom stereocenters. The molecule has 2 heterocycles. The molecule has 1 aliphatic rings. The van der Waals surface area contributed by atoms with Gasteiger partial charge in [-0.15, -0.1) is 10.2 Å². The van der Waals surface area contributed by atoms with Crippen molar-refractivity contribution < 1.29 is 9.18 Å². The Morgan fingerprint density at radius 3 is 3.04 bits per heavy atom. The summed E-state index contributed by atoms with van der Waals surface area (Å²) in [4.78, 5) is 13.8. The van der Waals surface area contributed by atoms with Gasteiger partial charge in [0.05, 0.1) is 0 Å². The monoisotopic (exact) mass is 334 g/mol. The molecule has 3 rings (SSSR count). The molecule has 122 valence electrons. The van der Waals surface area contributed by atoms with Crippen LogP contribution in [0.25, 0.3) is 10.6 Å². The molecule has 1 fully saturated rings. The maximum Gasteiger partial charge on any atom is 0.317 e. The number of nitrogens with zero attached hydrogens (tertiary/aromatic N) is 3. The maximum absolute atomic E-state index is 13.9.